The summed E-state index contributed by atoms with van der Waals surface area (Å²) in [4.78, 5) is 2.50. The number of hydrogen-bond acceptors (Lipinski definition) is 2. The van der Waals surface area contributed by atoms with E-state index in [1.807, 2.05) is 13.0 Å². The molecule has 0 bridgehead atoms. The minimum atomic E-state index is -0.187. The molecule has 2 nitrogen and oxygen atoms in total. The molecule has 1 aliphatic heterocycles. The van der Waals surface area contributed by atoms with Crippen molar-refractivity contribution in [2.24, 2.45) is 5.73 Å². The van der Waals surface area contributed by atoms with Crippen molar-refractivity contribution in [3.05, 3.63) is 35.1 Å². The van der Waals surface area contributed by atoms with Gasteiger partial charge in [0.15, 0.2) is 0 Å². The zero-order chi connectivity index (χ0) is 14.8. The first-order valence-electron chi connectivity index (χ1n) is 7.75. The normalized spacial score (nSPS) is 21.4. The number of likely N-dealkylation sites (tertiary alicyclic amines) is 1. The lowest BCUT2D eigenvalue weighted by atomic mass is 9.82. The van der Waals surface area contributed by atoms with Crippen LogP contribution in [0.25, 0.3) is 0 Å². The smallest absolute Gasteiger partial charge is 0.123 e. The minimum Gasteiger partial charge on any atom is -0.322 e. The molecule has 0 saturated carbocycles. The molecule has 1 aromatic carbocycles. The van der Waals surface area contributed by atoms with E-state index in [0.717, 1.165) is 30.6 Å². The molecule has 2 rings (SSSR count). The second-order valence-corrected chi connectivity index (χ2v) is 6.30. The van der Waals surface area contributed by atoms with Gasteiger partial charge >= 0.3 is 0 Å². The van der Waals surface area contributed by atoms with Gasteiger partial charge in [0.1, 0.15) is 5.82 Å². The maximum atomic E-state index is 13.7. The Bertz CT molecular complexity index is 434. The topological polar surface area (TPSA) is 29.3 Å². The third-order valence-corrected chi connectivity index (χ3v) is 4.89. The van der Waals surface area contributed by atoms with Crippen LogP contribution in [0.1, 0.15) is 56.7 Å². The molecule has 1 fully saturated rings. The summed E-state index contributed by atoms with van der Waals surface area (Å²) in [5, 5.41) is 0. The first-order chi connectivity index (χ1) is 9.47. The van der Waals surface area contributed by atoms with Crippen LogP contribution in [0.15, 0.2) is 18.2 Å². The van der Waals surface area contributed by atoms with Gasteiger partial charge in [-0.05, 0) is 69.5 Å². The van der Waals surface area contributed by atoms with E-state index in [0.29, 0.717) is 0 Å². The summed E-state index contributed by atoms with van der Waals surface area (Å²) in [5.41, 5.74) is 8.30. The molecule has 112 valence electrons. The first kappa shape index (κ1) is 15.5. The highest BCUT2D eigenvalue weighted by atomic mass is 19.1. The molecule has 2 N–H and O–H groups in total. The van der Waals surface area contributed by atoms with Crippen molar-refractivity contribution in [1.29, 1.82) is 0 Å². The number of halogens is 1. The number of hydrogen-bond donors (Lipinski definition) is 1. The Morgan fingerprint density at radius 1 is 1.25 bits per heavy atom. The molecule has 0 radical (unpaired) electrons. The van der Waals surface area contributed by atoms with Gasteiger partial charge in [0.2, 0.25) is 0 Å². The minimum absolute atomic E-state index is 0.0966. The molecule has 0 amide bonds. The van der Waals surface area contributed by atoms with Crippen LogP contribution in [0.2, 0.25) is 0 Å². The van der Waals surface area contributed by atoms with Crippen LogP contribution < -0.4 is 5.73 Å². The number of piperidine rings is 1. The Labute approximate surface area is 122 Å². The fourth-order valence-electron chi connectivity index (χ4n) is 3.35. The highest BCUT2D eigenvalue weighted by molar-refractivity contribution is 5.28. The van der Waals surface area contributed by atoms with E-state index in [9.17, 15) is 4.39 Å². The number of aryl methyl sites for hydroxylation is 1. The van der Waals surface area contributed by atoms with E-state index < -0.39 is 0 Å². The average Bonchev–Trinajstić information content (AvgIpc) is 2.45. The maximum absolute atomic E-state index is 13.7. The van der Waals surface area contributed by atoms with Crippen LogP contribution in [0.5, 0.6) is 0 Å². The Morgan fingerprint density at radius 2 is 1.90 bits per heavy atom. The van der Waals surface area contributed by atoms with E-state index >= 15 is 0 Å². The number of benzene rings is 1. The molecule has 0 spiro atoms. The van der Waals surface area contributed by atoms with E-state index in [2.05, 4.69) is 18.7 Å². The van der Waals surface area contributed by atoms with Gasteiger partial charge in [0, 0.05) is 11.6 Å². The lowest BCUT2D eigenvalue weighted by Crippen LogP contribution is -2.54. The van der Waals surface area contributed by atoms with Crippen molar-refractivity contribution in [3.63, 3.8) is 0 Å². The Hall–Kier alpha value is -0.930. The number of nitrogens with zero attached hydrogens (tertiary/aromatic N) is 1. The van der Waals surface area contributed by atoms with Crippen LogP contribution in [0.4, 0.5) is 4.39 Å². The van der Waals surface area contributed by atoms with E-state index in [1.165, 1.54) is 19.3 Å². The van der Waals surface area contributed by atoms with Crippen LogP contribution >= 0.6 is 0 Å². The van der Waals surface area contributed by atoms with Crippen LogP contribution in [0, 0.1) is 12.7 Å². The number of nitrogens with two attached hydrogens (primary N) is 1. The predicted octanol–water partition coefficient (Wildman–Crippen LogP) is 3.79. The van der Waals surface area contributed by atoms with Crippen molar-refractivity contribution in [2.45, 2.75) is 58.0 Å². The molecule has 1 aromatic rings. The summed E-state index contributed by atoms with van der Waals surface area (Å²) in [6, 6.07) is 5.02. The zero-order valence-electron chi connectivity index (χ0n) is 13.0. The van der Waals surface area contributed by atoms with Crippen molar-refractivity contribution >= 4 is 0 Å². The van der Waals surface area contributed by atoms with Crippen molar-refractivity contribution < 1.29 is 4.39 Å². The third-order valence-electron chi connectivity index (χ3n) is 4.89. The van der Waals surface area contributed by atoms with Gasteiger partial charge in [0.25, 0.3) is 0 Å². The highest BCUT2D eigenvalue weighted by Crippen LogP contribution is 2.35. The van der Waals surface area contributed by atoms with Gasteiger partial charge in [-0.15, -0.1) is 0 Å². The number of rotatable bonds is 4. The molecular formula is C17H27FN2. The third kappa shape index (κ3) is 3.04. The molecule has 2 unspecified atom stereocenters. The summed E-state index contributed by atoms with van der Waals surface area (Å²) in [7, 11) is 0. The van der Waals surface area contributed by atoms with Gasteiger partial charge in [0.05, 0.1) is 0 Å². The molecule has 0 aliphatic carbocycles. The second kappa shape index (κ2) is 6.23. The Balaban J connectivity index is 2.29. The fourth-order valence-corrected chi connectivity index (χ4v) is 3.35. The summed E-state index contributed by atoms with van der Waals surface area (Å²) in [6.45, 7) is 8.53. The van der Waals surface area contributed by atoms with Crippen molar-refractivity contribution in [3.8, 4) is 0 Å². The summed E-state index contributed by atoms with van der Waals surface area (Å²) < 4.78 is 13.7. The van der Waals surface area contributed by atoms with Gasteiger partial charge < -0.3 is 5.73 Å². The lowest BCUT2D eigenvalue weighted by molar-refractivity contribution is 0.0542. The van der Waals surface area contributed by atoms with E-state index in [-0.39, 0.29) is 17.4 Å². The fraction of sp³-hybridized carbons (Fsp3) is 0.647. The molecule has 0 aromatic heterocycles. The molecule has 2 atom stereocenters. The molecule has 20 heavy (non-hydrogen) atoms. The van der Waals surface area contributed by atoms with Crippen LogP contribution in [-0.4, -0.2) is 23.5 Å². The highest BCUT2D eigenvalue weighted by Gasteiger charge is 2.37. The molecule has 1 saturated heterocycles. The van der Waals surface area contributed by atoms with Gasteiger partial charge in [-0.3, -0.25) is 4.90 Å². The predicted molar refractivity (Wildman–Crippen MR) is 82.2 cm³/mol. The van der Waals surface area contributed by atoms with E-state index in [1.54, 1.807) is 12.1 Å². The summed E-state index contributed by atoms with van der Waals surface area (Å²) in [5.74, 6) is -0.187. The summed E-state index contributed by atoms with van der Waals surface area (Å²) >= 11 is 0. The van der Waals surface area contributed by atoms with Gasteiger partial charge in [-0.1, -0.05) is 19.4 Å². The van der Waals surface area contributed by atoms with E-state index in [4.69, 9.17) is 5.73 Å². The maximum Gasteiger partial charge on any atom is 0.123 e. The average molecular weight is 278 g/mol. The first-order valence-corrected chi connectivity index (χ1v) is 7.75. The molecule has 1 aliphatic rings. The van der Waals surface area contributed by atoms with Crippen molar-refractivity contribution in [1.82, 2.24) is 4.90 Å². The largest absolute Gasteiger partial charge is 0.322 e. The molecular weight excluding hydrogens is 251 g/mol. The Morgan fingerprint density at radius 3 is 2.45 bits per heavy atom. The quantitative estimate of drug-likeness (QED) is 0.908. The standard InChI is InChI=1S/C17H27FN2/c1-4-17(3,20-8-6-5-7-9-20)16(19)14-10-13(2)11-15(18)12-14/h10-12,16H,4-9,19H2,1-3H3. The van der Waals surface area contributed by atoms with Gasteiger partial charge in [-0.25, -0.2) is 4.39 Å². The summed E-state index contributed by atoms with van der Waals surface area (Å²) in [6.07, 6.45) is 4.77. The SMILES string of the molecule is CCC(C)(C(N)c1cc(C)cc(F)c1)N1CCCCC1. The Kier molecular flexibility index (Phi) is 4.82. The zero-order valence-corrected chi connectivity index (χ0v) is 13.0. The van der Waals surface area contributed by atoms with Crippen LogP contribution in [0.3, 0.4) is 0 Å². The van der Waals surface area contributed by atoms with Crippen LogP contribution in [-0.2, 0) is 0 Å². The molecule has 1 heterocycles. The molecule has 3 heteroatoms. The second-order valence-electron chi connectivity index (χ2n) is 6.30. The van der Waals surface area contributed by atoms with Gasteiger partial charge in [-0.2, -0.15) is 0 Å². The van der Waals surface area contributed by atoms with Crippen molar-refractivity contribution in [2.75, 3.05) is 13.1 Å². The monoisotopic (exact) mass is 278 g/mol. The lowest BCUT2D eigenvalue weighted by Gasteiger charge is -2.47.